The van der Waals surface area contributed by atoms with Crippen LogP contribution in [0.1, 0.15) is 12.5 Å². The van der Waals surface area contributed by atoms with E-state index in [1.165, 1.54) is 9.13 Å². The Bertz CT molecular complexity index is 289. The third kappa shape index (κ3) is 3.46. The first-order valence-electron chi connectivity index (χ1n) is 4.83. The number of likely N-dealkylation sites (N-methyl/N-ethyl adjacent to an activating group) is 1. The van der Waals surface area contributed by atoms with E-state index in [1.54, 1.807) is 0 Å². The molecule has 2 nitrogen and oxygen atoms in total. The van der Waals surface area contributed by atoms with Gasteiger partial charge in [-0.1, -0.05) is 0 Å². The third-order valence-corrected chi connectivity index (χ3v) is 2.64. The average molecular weight is 305 g/mol. The predicted molar refractivity (Wildman–Crippen MR) is 68.0 cm³/mol. The summed E-state index contributed by atoms with van der Waals surface area (Å²) in [6, 6.07) is 6.31. The summed E-state index contributed by atoms with van der Waals surface area (Å²) in [4.78, 5) is 0. The summed E-state index contributed by atoms with van der Waals surface area (Å²) in [6.07, 6.45) is 1.02. The van der Waals surface area contributed by atoms with Gasteiger partial charge in [0, 0.05) is 3.57 Å². The highest BCUT2D eigenvalue weighted by molar-refractivity contribution is 14.1. The molecule has 14 heavy (non-hydrogen) atoms. The Kier molecular flexibility index (Phi) is 5.25. The van der Waals surface area contributed by atoms with Crippen LogP contribution in [0, 0.1) is 3.57 Å². The Morgan fingerprint density at radius 1 is 1.43 bits per heavy atom. The van der Waals surface area contributed by atoms with Crippen molar-refractivity contribution in [1.29, 1.82) is 0 Å². The molecule has 1 aromatic carbocycles. The monoisotopic (exact) mass is 305 g/mol. The number of hydrogen-bond donors (Lipinski definition) is 1. The van der Waals surface area contributed by atoms with Gasteiger partial charge in [-0.3, -0.25) is 0 Å². The summed E-state index contributed by atoms with van der Waals surface area (Å²) in [5.74, 6) is 1.02. The minimum atomic E-state index is 0.729. The van der Waals surface area contributed by atoms with Crippen LogP contribution in [0.15, 0.2) is 18.2 Å². The maximum Gasteiger partial charge on any atom is 0.122 e. The molecule has 1 rings (SSSR count). The topological polar surface area (TPSA) is 21.3 Å². The Hall–Kier alpha value is -0.290. The fourth-order valence-electron chi connectivity index (χ4n) is 1.30. The lowest BCUT2D eigenvalue weighted by Gasteiger charge is -2.10. The molecule has 78 valence electrons. The first-order chi connectivity index (χ1) is 6.77. The van der Waals surface area contributed by atoms with Gasteiger partial charge < -0.3 is 10.1 Å². The van der Waals surface area contributed by atoms with Crippen molar-refractivity contribution in [3.05, 3.63) is 27.3 Å². The summed E-state index contributed by atoms with van der Waals surface area (Å²) < 4.78 is 6.82. The number of rotatable bonds is 5. The van der Waals surface area contributed by atoms with Gasteiger partial charge in [0.15, 0.2) is 0 Å². The lowest BCUT2D eigenvalue weighted by molar-refractivity contribution is 0.336. The fraction of sp³-hybridized carbons (Fsp3) is 0.455. The molecule has 0 heterocycles. The molecular weight excluding hydrogens is 289 g/mol. The standard InChI is InChI=1S/C11H16INO/c1-3-14-11-5-4-10(12)8-9(11)6-7-13-2/h4-5,8,13H,3,6-7H2,1-2H3. The quantitative estimate of drug-likeness (QED) is 0.844. The molecule has 0 aliphatic rings. The van der Waals surface area contributed by atoms with E-state index in [4.69, 9.17) is 4.74 Å². The first kappa shape index (κ1) is 11.8. The van der Waals surface area contributed by atoms with E-state index < -0.39 is 0 Å². The second kappa shape index (κ2) is 6.24. The SMILES string of the molecule is CCOc1ccc(I)cc1CCNC. The van der Waals surface area contributed by atoms with Gasteiger partial charge in [0.25, 0.3) is 0 Å². The summed E-state index contributed by atoms with van der Waals surface area (Å²) >= 11 is 2.33. The highest BCUT2D eigenvalue weighted by Gasteiger charge is 2.03. The minimum absolute atomic E-state index is 0.729. The molecule has 3 heteroatoms. The van der Waals surface area contributed by atoms with Crippen molar-refractivity contribution >= 4 is 22.6 Å². The molecule has 0 saturated carbocycles. The van der Waals surface area contributed by atoms with E-state index in [9.17, 15) is 0 Å². The normalized spacial score (nSPS) is 10.2. The van der Waals surface area contributed by atoms with Crippen LogP contribution in [0.5, 0.6) is 5.75 Å². The largest absolute Gasteiger partial charge is 0.494 e. The van der Waals surface area contributed by atoms with E-state index in [-0.39, 0.29) is 0 Å². The maximum atomic E-state index is 5.56. The van der Waals surface area contributed by atoms with Crippen LogP contribution in [0.4, 0.5) is 0 Å². The number of nitrogens with one attached hydrogen (secondary N) is 1. The molecule has 0 aliphatic carbocycles. The Morgan fingerprint density at radius 2 is 2.21 bits per heavy atom. The van der Waals surface area contributed by atoms with Gasteiger partial charge in [-0.05, 0) is 73.3 Å². The Labute approximate surface area is 99.2 Å². The summed E-state index contributed by atoms with van der Waals surface area (Å²) in [5.41, 5.74) is 1.29. The number of benzene rings is 1. The molecular formula is C11H16INO. The molecule has 0 atom stereocenters. The van der Waals surface area contributed by atoms with Crippen molar-refractivity contribution in [2.75, 3.05) is 20.2 Å². The highest BCUT2D eigenvalue weighted by atomic mass is 127. The molecule has 1 N–H and O–H groups in total. The van der Waals surface area contributed by atoms with Gasteiger partial charge in [-0.15, -0.1) is 0 Å². The zero-order chi connectivity index (χ0) is 10.4. The van der Waals surface area contributed by atoms with E-state index in [2.05, 4.69) is 46.1 Å². The molecule has 0 aromatic heterocycles. The van der Waals surface area contributed by atoms with Gasteiger partial charge in [0.1, 0.15) is 5.75 Å². The highest BCUT2D eigenvalue weighted by Crippen LogP contribution is 2.21. The smallest absolute Gasteiger partial charge is 0.122 e. The van der Waals surface area contributed by atoms with Crippen LogP contribution in [-0.4, -0.2) is 20.2 Å². The minimum Gasteiger partial charge on any atom is -0.494 e. The summed E-state index contributed by atoms with van der Waals surface area (Å²) in [5, 5.41) is 3.15. The third-order valence-electron chi connectivity index (χ3n) is 1.97. The Balaban J connectivity index is 2.79. The first-order valence-corrected chi connectivity index (χ1v) is 5.91. The van der Waals surface area contributed by atoms with Gasteiger partial charge in [0.2, 0.25) is 0 Å². The Morgan fingerprint density at radius 3 is 2.86 bits per heavy atom. The van der Waals surface area contributed by atoms with Crippen LogP contribution < -0.4 is 10.1 Å². The lowest BCUT2D eigenvalue weighted by Crippen LogP contribution is -2.11. The molecule has 0 saturated heterocycles. The molecule has 0 bridgehead atoms. The van der Waals surface area contributed by atoms with Crippen LogP contribution in [-0.2, 0) is 6.42 Å². The van der Waals surface area contributed by atoms with Crippen molar-refractivity contribution in [1.82, 2.24) is 5.32 Å². The zero-order valence-corrected chi connectivity index (χ0v) is 10.8. The number of halogens is 1. The van der Waals surface area contributed by atoms with Crippen LogP contribution in [0.2, 0.25) is 0 Å². The summed E-state index contributed by atoms with van der Waals surface area (Å²) in [6.45, 7) is 3.73. The van der Waals surface area contributed by atoms with Gasteiger partial charge in [0.05, 0.1) is 6.61 Å². The van der Waals surface area contributed by atoms with E-state index in [0.29, 0.717) is 0 Å². The van der Waals surface area contributed by atoms with Crippen molar-refractivity contribution in [3.8, 4) is 5.75 Å². The lowest BCUT2D eigenvalue weighted by atomic mass is 10.1. The summed E-state index contributed by atoms with van der Waals surface area (Å²) in [7, 11) is 1.97. The fourth-order valence-corrected chi connectivity index (χ4v) is 1.86. The van der Waals surface area contributed by atoms with E-state index in [1.807, 2.05) is 14.0 Å². The number of ether oxygens (including phenoxy) is 1. The number of hydrogen-bond acceptors (Lipinski definition) is 2. The van der Waals surface area contributed by atoms with Gasteiger partial charge >= 0.3 is 0 Å². The maximum absolute atomic E-state index is 5.56. The van der Waals surface area contributed by atoms with E-state index in [0.717, 1.165) is 25.3 Å². The molecule has 0 amide bonds. The van der Waals surface area contributed by atoms with Crippen molar-refractivity contribution in [2.45, 2.75) is 13.3 Å². The second-order valence-electron chi connectivity index (χ2n) is 3.04. The molecule has 0 aliphatic heterocycles. The predicted octanol–water partition coefficient (Wildman–Crippen LogP) is 2.45. The van der Waals surface area contributed by atoms with Gasteiger partial charge in [-0.2, -0.15) is 0 Å². The van der Waals surface area contributed by atoms with Crippen molar-refractivity contribution in [2.24, 2.45) is 0 Å². The van der Waals surface area contributed by atoms with Crippen LogP contribution in [0.3, 0.4) is 0 Å². The van der Waals surface area contributed by atoms with Crippen LogP contribution in [0.25, 0.3) is 0 Å². The molecule has 1 aromatic rings. The van der Waals surface area contributed by atoms with Gasteiger partial charge in [-0.25, -0.2) is 0 Å². The average Bonchev–Trinajstić information content (AvgIpc) is 2.18. The van der Waals surface area contributed by atoms with Crippen LogP contribution >= 0.6 is 22.6 Å². The molecule has 0 radical (unpaired) electrons. The molecule has 0 unspecified atom stereocenters. The second-order valence-corrected chi connectivity index (χ2v) is 4.28. The molecule has 0 fully saturated rings. The van der Waals surface area contributed by atoms with E-state index >= 15 is 0 Å². The zero-order valence-electron chi connectivity index (χ0n) is 8.64. The van der Waals surface area contributed by atoms with Crippen molar-refractivity contribution in [3.63, 3.8) is 0 Å². The molecule has 0 spiro atoms. The van der Waals surface area contributed by atoms with Crippen molar-refractivity contribution < 1.29 is 4.74 Å².